The van der Waals surface area contributed by atoms with Gasteiger partial charge in [0.1, 0.15) is 0 Å². The van der Waals surface area contributed by atoms with Crippen molar-refractivity contribution < 1.29 is 9.59 Å². The quantitative estimate of drug-likeness (QED) is 0.854. The van der Waals surface area contributed by atoms with Gasteiger partial charge >= 0.3 is 0 Å². The fourth-order valence-electron chi connectivity index (χ4n) is 3.64. The van der Waals surface area contributed by atoms with Crippen LogP contribution in [0.3, 0.4) is 0 Å². The Balaban J connectivity index is 1.61. The third-order valence-electron chi connectivity index (χ3n) is 5.23. The van der Waals surface area contributed by atoms with E-state index in [-0.39, 0.29) is 17.7 Å². The predicted octanol–water partition coefficient (Wildman–Crippen LogP) is 3.30. The van der Waals surface area contributed by atoms with Gasteiger partial charge in [0.2, 0.25) is 5.91 Å². The number of rotatable bonds is 6. The minimum absolute atomic E-state index is 0.0259. The topological polar surface area (TPSA) is 62.3 Å². The first-order chi connectivity index (χ1) is 13.1. The largest absolute Gasteiger partial charge is 0.351 e. The molecule has 0 aliphatic heterocycles. The molecule has 142 valence electrons. The highest BCUT2D eigenvalue weighted by Crippen LogP contribution is 2.29. The van der Waals surface area contributed by atoms with Gasteiger partial charge in [-0.05, 0) is 62.4 Å². The first-order valence-corrected chi connectivity index (χ1v) is 9.73. The van der Waals surface area contributed by atoms with Gasteiger partial charge in [0.05, 0.1) is 11.6 Å². The Hall–Kier alpha value is -2.69. The van der Waals surface area contributed by atoms with Gasteiger partial charge in [-0.25, -0.2) is 0 Å². The Morgan fingerprint density at radius 2 is 1.89 bits per heavy atom. The van der Waals surface area contributed by atoms with Gasteiger partial charge in [-0.2, -0.15) is 0 Å². The molecular weight excluding hydrogens is 338 g/mol. The monoisotopic (exact) mass is 365 g/mol. The van der Waals surface area contributed by atoms with Gasteiger partial charge in [-0.3, -0.25) is 14.6 Å². The molecule has 1 unspecified atom stereocenters. The summed E-state index contributed by atoms with van der Waals surface area (Å²) in [4.78, 5) is 31.3. The molecule has 0 radical (unpaired) electrons. The lowest BCUT2D eigenvalue weighted by molar-refractivity contribution is -0.123. The number of carbonyl (C=O) groups is 2. The Morgan fingerprint density at radius 3 is 2.59 bits per heavy atom. The highest BCUT2D eigenvalue weighted by atomic mass is 16.2. The fraction of sp³-hybridized carbons (Fsp3) is 0.409. The molecule has 1 N–H and O–H groups in total. The number of fused-ring (bicyclic) bond motifs is 1. The van der Waals surface area contributed by atoms with Gasteiger partial charge < -0.3 is 10.2 Å². The molecular formula is C22H27N3O2. The zero-order chi connectivity index (χ0) is 19.2. The van der Waals surface area contributed by atoms with Gasteiger partial charge in [0.25, 0.3) is 5.91 Å². The molecule has 1 aromatic carbocycles. The average molecular weight is 365 g/mol. The van der Waals surface area contributed by atoms with Crippen molar-refractivity contribution in [2.45, 2.75) is 45.6 Å². The third kappa shape index (κ3) is 4.35. The second-order valence-electron chi connectivity index (χ2n) is 6.88. The number of nitrogens with zero attached hydrogens (tertiary/aromatic N) is 2. The summed E-state index contributed by atoms with van der Waals surface area (Å²) in [5, 5.41) is 3.03. The van der Waals surface area contributed by atoms with Crippen molar-refractivity contribution in [3.8, 4) is 0 Å². The molecule has 1 heterocycles. The van der Waals surface area contributed by atoms with Crippen molar-refractivity contribution in [1.29, 1.82) is 0 Å². The Morgan fingerprint density at radius 1 is 1.15 bits per heavy atom. The number of hydrogen-bond donors (Lipinski definition) is 1. The van der Waals surface area contributed by atoms with Crippen LogP contribution in [0.5, 0.6) is 0 Å². The molecule has 1 aliphatic carbocycles. The van der Waals surface area contributed by atoms with Crippen LogP contribution in [0.1, 0.15) is 59.8 Å². The molecule has 0 saturated heterocycles. The number of aryl methyl sites for hydroxylation is 1. The van der Waals surface area contributed by atoms with Crippen LogP contribution in [-0.2, 0) is 17.8 Å². The van der Waals surface area contributed by atoms with Crippen LogP contribution in [0.2, 0.25) is 0 Å². The number of carbonyl (C=O) groups excluding carboxylic acids is 2. The molecule has 1 atom stereocenters. The van der Waals surface area contributed by atoms with Gasteiger partial charge in [-0.1, -0.05) is 18.2 Å². The Bertz CT molecular complexity index is 797. The molecule has 2 aromatic rings. The summed E-state index contributed by atoms with van der Waals surface area (Å²) in [6.07, 6.45) is 4.61. The molecule has 0 fully saturated rings. The lowest BCUT2D eigenvalue weighted by atomic mass is 9.86. The van der Waals surface area contributed by atoms with Crippen molar-refractivity contribution in [1.82, 2.24) is 15.2 Å². The fourth-order valence-corrected chi connectivity index (χ4v) is 3.64. The number of benzene rings is 1. The molecule has 27 heavy (non-hydrogen) atoms. The van der Waals surface area contributed by atoms with Gasteiger partial charge in [0.15, 0.2) is 0 Å². The molecule has 0 bridgehead atoms. The SMILES string of the molecule is CCN(CC)C(=O)c1ccc(CNC(=O)C2CCCc3cccnc32)cc1. The van der Waals surface area contributed by atoms with Crippen molar-refractivity contribution in [2.24, 2.45) is 0 Å². The summed E-state index contributed by atoms with van der Waals surface area (Å²) in [6, 6.07) is 11.5. The van der Waals surface area contributed by atoms with Crippen LogP contribution in [0.25, 0.3) is 0 Å². The van der Waals surface area contributed by atoms with Gasteiger partial charge in [0, 0.05) is 31.4 Å². The van der Waals surface area contributed by atoms with E-state index in [9.17, 15) is 9.59 Å². The molecule has 1 aliphatic rings. The van der Waals surface area contributed by atoms with Gasteiger partial charge in [-0.15, -0.1) is 0 Å². The van der Waals surface area contributed by atoms with E-state index in [0.717, 1.165) is 30.5 Å². The summed E-state index contributed by atoms with van der Waals surface area (Å²) in [7, 11) is 0. The minimum atomic E-state index is -0.168. The summed E-state index contributed by atoms with van der Waals surface area (Å²) < 4.78 is 0. The first-order valence-electron chi connectivity index (χ1n) is 9.73. The summed E-state index contributed by atoms with van der Waals surface area (Å²) in [5.41, 5.74) is 3.76. The number of hydrogen-bond acceptors (Lipinski definition) is 3. The highest BCUT2D eigenvalue weighted by Gasteiger charge is 2.27. The second-order valence-corrected chi connectivity index (χ2v) is 6.88. The summed E-state index contributed by atoms with van der Waals surface area (Å²) in [5.74, 6) is -0.100. The Labute approximate surface area is 160 Å². The second kappa shape index (κ2) is 8.80. The van der Waals surface area contributed by atoms with Crippen molar-refractivity contribution in [3.63, 3.8) is 0 Å². The van der Waals surface area contributed by atoms with E-state index in [1.54, 1.807) is 11.1 Å². The molecule has 5 heteroatoms. The van der Waals surface area contributed by atoms with E-state index < -0.39 is 0 Å². The summed E-state index contributed by atoms with van der Waals surface area (Å²) in [6.45, 7) is 5.80. The van der Waals surface area contributed by atoms with E-state index in [1.807, 2.05) is 44.2 Å². The van der Waals surface area contributed by atoms with Crippen LogP contribution in [-0.4, -0.2) is 34.8 Å². The maximum atomic E-state index is 12.7. The maximum Gasteiger partial charge on any atom is 0.253 e. The number of nitrogens with one attached hydrogen (secondary N) is 1. The molecule has 0 spiro atoms. The molecule has 5 nitrogen and oxygen atoms in total. The predicted molar refractivity (Wildman–Crippen MR) is 105 cm³/mol. The van der Waals surface area contributed by atoms with E-state index in [2.05, 4.69) is 16.4 Å². The van der Waals surface area contributed by atoms with Crippen molar-refractivity contribution in [2.75, 3.05) is 13.1 Å². The Kier molecular flexibility index (Phi) is 6.22. The minimum Gasteiger partial charge on any atom is -0.351 e. The van der Waals surface area contributed by atoms with E-state index in [4.69, 9.17) is 0 Å². The smallest absolute Gasteiger partial charge is 0.253 e. The average Bonchev–Trinajstić information content (AvgIpc) is 2.72. The molecule has 2 amide bonds. The lowest BCUT2D eigenvalue weighted by Gasteiger charge is -2.23. The van der Waals surface area contributed by atoms with E-state index in [1.165, 1.54) is 5.56 Å². The normalized spacial score (nSPS) is 15.7. The van der Waals surface area contributed by atoms with E-state index >= 15 is 0 Å². The first kappa shape index (κ1) is 19.1. The van der Waals surface area contributed by atoms with Crippen molar-refractivity contribution in [3.05, 3.63) is 65.0 Å². The van der Waals surface area contributed by atoms with E-state index in [0.29, 0.717) is 25.2 Å². The molecule has 3 rings (SSSR count). The van der Waals surface area contributed by atoms with Crippen LogP contribution < -0.4 is 5.32 Å². The molecule has 1 aromatic heterocycles. The number of aromatic nitrogens is 1. The zero-order valence-corrected chi connectivity index (χ0v) is 16.1. The van der Waals surface area contributed by atoms with Crippen LogP contribution in [0.15, 0.2) is 42.6 Å². The van der Waals surface area contributed by atoms with Crippen LogP contribution >= 0.6 is 0 Å². The standard InChI is InChI=1S/C22H27N3O2/c1-3-25(4-2)22(27)18-12-10-16(11-13-18)15-24-21(26)19-9-5-7-17-8-6-14-23-20(17)19/h6,8,10-14,19H,3-5,7,9,15H2,1-2H3,(H,24,26). The third-order valence-corrected chi connectivity index (χ3v) is 5.23. The lowest BCUT2D eigenvalue weighted by Crippen LogP contribution is -2.32. The zero-order valence-electron chi connectivity index (χ0n) is 16.1. The summed E-state index contributed by atoms with van der Waals surface area (Å²) >= 11 is 0. The van der Waals surface area contributed by atoms with Crippen LogP contribution in [0, 0.1) is 0 Å². The van der Waals surface area contributed by atoms with Crippen molar-refractivity contribution >= 4 is 11.8 Å². The highest BCUT2D eigenvalue weighted by molar-refractivity contribution is 5.94. The maximum absolute atomic E-state index is 12.7. The number of amides is 2. The molecule has 0 saturated carbocycles. The van der Waals surface area contributed by atoms with Crippen LogP contribution in [0.4, 0.5) is 0 Å². The number of pyridine rings is 1.